The Hall–Kier alpha value is -6.10. The van der Waals surface area contributed by atoms with Crippen LogP contribution in [0.25, 0.3) is 28.1 Å². The molecule has 7 rings (SSSR count). The molecule has 0 unspecified atom stereocenters. The van der Waals surface area contributed by atoms with Crippen LogP contribution in [-0.4, -0.2) is 150 Å². The van der Waals surface area contributed by atoms with Gasteiger partial charge in [-0.15, -0.1) is 0 Å². The molecule has 16 heteroatoms. The summed E-state index contributed by atoms with van der Waals surface area (Å²) in [5.41, 5.74) is 7.75. The molecule has 2 aromatic carbocycles. The van der Waals surface area contributed by atoms with Gasteiger partial charge in [-0.05, 0) is 125 Å². The summed E-state index contributed by atoms with van der Waals surface area (Å²) < 4.78 is 14.1. The van der Waals surface area contributed by atoms with Crippen LogP contribution in [0.4, 0.5) is 0 Å². The number of hydrazine groups is 1. The van der Waals surface area contributed by atoms with Gasteiger partial charge in [-0.2, -0.15) is 0 Å². The molecule has 388 valence electrons. The van der Waals surface area contributed by atoms with Crippen molar-refractivity contribution in [2.75, 3.05) is 60.5 Å². The number of ether oxygens (including phenoxy) is 2. The van der Waals surface area contributed by atoms with Crippen molar-refractivity contribution < 1.29 is 38.6 Å². The van der Waals surface area contributed by atoms with E-state index in [2.05, 4.69) is 60.9 Å². The molecule has 3 saturated heterocycles. The van der Waals surface area contributed by atoms with Gasteiger partial charge in [0.05, 0.1) is 23.8 Å². The number of nitrogens with zero attached hydrogens (tertiary/aromatic N) is 6. The summed E-state index contributed by atoms with van der Waals surface area (Å²) in [7, 11) is 5.52. The van der Waals surface area contributed by atoms with Crippen molar-refractivity contribution in [3.05, 3.63) is 83.7 Å². The van der Waals surface area contributed by atoms with Gasteiger partial charge >= 0.3 is 5.97 Å². The van der Waals surface area contributed by atoms with E-state index < -0.39 is 46.7 Å². The van der Waals surface area contributed by atoms with E-state index in [4.69, 9.17) is 14.5 Å². The van der Waals surface area contributed by atoms with Gasteiger partial charge < -0.3 is 39.2 Å². The molecule has 4 aliphatic heterocycles. The number of aliphatic imine (C=N–C) groups is 1. The van der Waals surface area contributed by atoms with E-state index in [0.29, 0.717) is 82.5 Å². The summed E-state index contributed by atoms with van der Waals surface area (Å²) >= 11 is 0. The number of aromatic hydroxyl groups is 1. The highest BCUT2D eigenvalue weighted by Crippen LogP contribution is 2.43. The molecule has 4 atom stereocenters. The first kappa shape index (κ1) is 53.7. The highest BCUT2D eigenvalue weighted by Gasteiger charge is 2.52. The van der Waals surface area contributed by atoms with E-state index in [1.165, 1.54) is 5.01 Å². The molecule has 3 aromatic rings. The Morgan fingerprint density at radius 2 is 1.78 bits per heavy atom. The quantitative estimate of drug-likeness (QED) is 0.100. The molecule has 4 aliphatic rings. The normalized spacial score (nSPS) is 21.8. The number of carbonyl (C=O) groups is 5. The fourth-order valence-electron chi connectivity index (χ4n) is 10.8. The number of cyclic esters (lactones) is 1. The number of methoxy groups -OCH3 is 1. The van der Waals surface area contributed by atoms with Crippen LogP contribution >= 0.6 is 0 Å². The average molecular weight is 989 g/mol. The predicted molar refractivity (Wildman–Crippen MR) is 281 cm³/mol. The minimum atomic E-state index is -1.15. The number of phenolic OH excluding ortho intramolecular Hbond substituents is 1. The molecule has 1 aromatic heterocycles. The number of phenols is 1. The molecule has 1 spiro atoms. The number of piperidine rings is 1. The van der Waals surface area contributed by atoms with Gasteiger partial charge in [0.2, 0.25) is 17.7 Å². The zero-order valence-corrected chi connectivity index (χ0v) is 43.8. The predicted octanol–water partition coefficient (Wildman–Crippen LogP) is 6.30. The number of hydrogen-bond donors (Lipinski definition) is 3. The van der Waals surface area contributed by atoms with E-state index in [9.17, 15) is 29.1 Å². The monoisotopic (exact) mass is 989 g/mol. The number of amides is 4. The van der Waals surface area contributed by atoms with Gasteiger partial charge in [-0.3, -0.25) is 34.0 Å². The highest BCUT2D eigenvalue weighted by atomic mass is 16.5. The Balaban J connectivity index is 1.24. The zero-order valence-electron chi connectivity index (χ0n) is 43.8. The number of hydrogen-bond acceptors (Lipinski definition) is 11. The number of nitrogens with one attached hydrogen (secondary N) is 2. The van der Waals surface area contributed by atoms with Crippen LogP contribution in [0, 0.1) is 16.7 Å². The number of aryl methyl sites for hydroxylation is 1. The summed E-state index contributed by atoms with van der Waals surface area (Å²) in [6, 6.07) is 8.60. The molecule has 4 amide bonds. The second-order valence-electron chi connectivity index (χ2n) is 21.4. The first-order valence-electron chi connectivity index (χ1n) is 25.6. The van der Waals surface area contributed by atoms with Crippen LogP contribution in [0.2, 0.25) is 0 Å². The molecule has 0 saturated carbocycles. The third-order valence-electron chi connectivity index (χ3n) is 14.8. The summed E-state index contributed by atoms with van der Waals surface area (Å²) in [5, 5.41) is 16.9. The van der Waals surface area contributed by atoms with E-state index in [1.807, 2.05) is 58.0 Å². The van der Waals surface area contributed by atoms with Crippen molar-refractivity contribution in [2.45, 2.75) is 117 Å². The zero-order chi connectivity index (χ0) is 52.1. The number of rotatable bonds is 13. The number of allylic oxidation sites excluding steroid dienone is 1. The van der Waals surface area contributed by atoms with Gasteiger partial charge in [-0.1, -0.05) is 58.6 Å². The molecule has 0 radical (unpaired) electrons. The third kappa shape index (κ3) is 11.9. The third-order valence-corrected chi connectivity index (χ3v) is 14.8. The van der Waals surface area contributed by atoms with Crippen LogP contribution in [0.15, 0.2) is 71.9 Å². The molecule has 72 heavy (non-hydrogen) atoms. The number of fused-ring (bicyclic) bond motifs is 6. The Morgan fingerprint density at radius 3 is 2.46 bits per heavy atom. The van der Waals surface area contributed by atoms with E-state index in [0.717, 1.165) is 33.3 Å². The fourth-order valence-corrected chi connectivity index (χ4v) is 10.8. The lowest BCUT2D eigenvalue weighted by Gasteiger charge is -2.39. The SMILES string of the molecule is C=CC=N/C(=C/c1c2c3cc(ccc3n1CC)-c1cc(O)cc(c1)C[C@H](NC(=O)[C@H](C(C)C)N1CCC3(CCN(C(=O)/C=C/CN(C)C)CC3)C1=O)C(=O)N1CCC[C@H](N1)C(=O)OCC(C)(C)C2)[C@H](C)OC. The maximum atomic E-state index is 14.9. The highest BCUT2D eigenvalue weighted by molar-refractivity contribution is 5.96. The van der Waals surface area contributed by atoms with Crippen molar-refractivity contribution in [3.8, 4) is 16.9 Å². The van der Waals surface area contributed by atoms with Gasteiger partial charge in [-0.25, -0.2) is 5.43 Å². The van der Waals surface area contributed by atoms with Gasteiger partial charge in [0.25, 0.3) is 5.91 Å². The number of carbonyl (C=O) groups excluding carboxylic acids is 5. The topological polar surface area (TPSA) is 178 Å². The molecule has 0 aliphatic carbocycles. The number of likely N-dealkylation sites (tertiary alicyclic amines) is 2. The lowest BCUT2D eigenvalue weighted by molar-refractivity contribution is -0.155. The number of aromatic nitrogens is 1. The Bertz CT molecular complexity index is 2620. The molecular formula is C56H76N8O8. The molecule has 5 heterocycles. The largest absolute Gasteiger partial charge is 0.508 e. The second kappa shape index (κ2) is 22.8. The van der Waals surface area contributed by atoms with E-state index >= 15 is 0 Å². The molecule has 3 N–H and O–H groups in total. The first-order valence-corrected chi connectivity index (χ1v) is 25.6. The van der Waals surface area contributed by atoms with Crippen LogP contribution < -0.4 is 10.7 Å². The molecule has 3 fully saturated rings. The van der Waals surface area contributed by atoms with Crippen molar-refractivity contribution >= 4 is 52.8 Å². The van der Waals surface area contributed by atoms with Gasteiger partial charge in [0, 0.05) is 87.1 Å². The van der Waals surface area contributed by atoms with Crippen LogP contribution in [0.3, 0.4) is 0 Å². The molecular weight excluding hydrogens is 913 g/mol. The first-order chi connectivity index (χ1) is 34.3. The lowest BCUT2D eigenvalue weighted by atomic mass is 9.77. The van der Waals surface area contributed by atoms with Gasteiger partial charge in [0.1, 0.15) is 23.9 Å². The van der Waals surface area contributed by atoms with Crippen molar-refractivity contribution in [1.29, 1.82) is 0 Å². The Kier molecular flexibility index (Phi) is 17.0. The Morgan fingerprint density at radius 1 is 1.04 bits per heavy atom. The van der Waals surface area contributed by atoms with Crippen molar-refractivity contribution in [3.63, 3.8) is 0 Å². The van der Waals surface area contributed by atoms with E-state index in [-0.39, 0.29) is 49.2 Å². The van der Waals surface area contributed by atoms with Crippen LogP contribution in [0.5, 0.6) is 5.75 Å². The smallest absolute Gasteiger partial charge is 0.324 e. The van der Waals surface area contributed by atoms with Crippen LogP contribution in [0.1, 0.15) is 90.5 Å². The maximum absolute atomic E-state index is 14.9. The minimum Gasteiger partial charge on any atom is -0.508 e. The summed E-state index contributed by atoms with van der Waals surface area (Å²) in [4.78, 5) is 81.3. The van der Waals surface area contributed by atoms with Crippen molar-refractivity contribution in [1.82, 2.24) is 35.0 Å². The maximum Gasteiger partial charge on any atom is 0.324 e. The summed E-state index contributed by atoms with van der Waals surface area (Å²) in [6.07, 6.45) is 11.5. The van der Waals surface area contributed by atoms with Gasteiger partial charge in [0.15, 0.2) is 0 Å². The summed E-state index contributed by atoms with van der Waals surface area (Å²) in [6.45, 7) is 18.7. The van der Waals surface area contributed by atoms with Crippen LogP contribution in [-0.2, 0) is 52.8 Å². The average Bonchev–Trinajstić information content (AvgIpc) is 3.81. The fraction of sp³-hybridized carbons (Fsp3) is 0.536. The minimum absolute atomic E-state index is 0.00332. The second-order valence-corrected chi connectivity index (χ2v) is 21.4. The molecule has 6 bridgehead atoms. The number of esters is 1. The standard InChI is InChI=1S/C56H76N8O8/c1-11-22-57-45(37(5)71-10)33-48-43-34-55(6,7)35-72-53(69)44-15-13-24-64(59-44)52(68)46(30-38-28-40(31-41(65)29-38)39-17-18-47(42(43)32-39)62(48)12-2)58-51(67)50(36(3)4)63-27-21-56(54(63)70)19-25-61(26-20-56)49(66)16-14-23-60(8)9/h11,14,16-18,22,28-29,31-33,36-37,44,46,50,59,65H,1,12-13,15,19-21,23-27,30,34-35H2,2-10H3,(H,58,67)/b16-14+,45-33+,57-22?/t37-,44-,46-,50-/m0/s1. The number of likely N-dealkylation sites (N-methyl/N-ethyl adjacent to an activating group) is 1. The lowest BCUT2D eigenvalue weighted by Crippen LogP contribution is -2.62. The summed E-state index contributed by atoms with van der Waals surface area (Å²) in [5.74, 6) is -1.90. The number of benzene rings is 2. The van der Waals surface area contributed by atoms with Crippen molar-refractivity contribution in [2.24, 2.45) is 21.7 Å². The Labute approximate surface area is 425 Å². The molecule has 16 nitrogen and oxygen atoms in total. The van der Waals surface area contributed by atoms with E-state index in [1.54, 1.807) is 47.4 Å².